The molecular formula is C27H21N3. The van der Waals surface area contributed by atoms with Crippen LogP contribution < -0.4 is 0 Å². The van der Waals surface area contributed by atoms with Crippen LogP contribution in [0.5, 0.6) is 0 Å². The Hall–Kier alpha value is -3.72. The highest BCUT2D eigenvalue weighted by molar-refractivity contribution is 6.02. The summed E-state index contributed by atoms with van der Waals surface area (Å²) in [4.78, 5) is 9.87. The molecule has 1 aliphatic carbocycles. The standard InChI is InChI=1S/C27H21N3/c1-27(2)20-13-9-17-28-25(20)24-19-12-6-7-15-22(19)30(26(24)27)23-16-8-14-21(29-23)18-10-4-3-5-11-18/h3-17H,1-2H3. The molecule has 0 spiro atoms. The number of pyridine rings is 2. The summed E-state index contributed by atoms with van der Waals surface area (Å²) in [6.07, 6.45) is 1.89. The van der Waals surface area contributed by atoms with Crippen molar-refractivity contribution in [3.05, 3.63) is 102 Å². The summed E-state index contributed by atoms with van der Waals surface area (Å²) in [5.41, 5.74) is 7.96. The lowest BCUT2D eigenvalue weighted by atomic mass is 9.86. The predicted molar refractivity (Wildman–Crippen MR) is 122 cm³/mol. The van der Waals surface area contributed by atoms with Crippen molar-refractivity contribution in [3.63, 3.8) is 0 Å². The van der Waals surface area contributed by atoms with Gasteiger partial charge in [-0.3, -0.25) is 9.55 Å². The maximum atomic E-state index is 5.08. The van der Waals surface area contributed by atoms with Crippen molar-refractivity contribution in [1.29, 1.82) is 0 Å². The first kappa shape index (κ1) is 17.2. The van der Waals surface area contributed by atoms with E-state index in [4.69, 9.17) is 9.97 Å². The molecule has 3 heteroatoms. The van der Waals surface area contributed by atoms with Crippen LogP contribution >= 0.6 is 0 Å². The van der Waals surface area contributed by atoms with E-state index in [0.717, 1.165) is 22.8 Å². The molecule has 0 saturated heterocycles. The fraction of sp³-hybridized carbons (Fsp3) is 0.111. The predicted octanol–water partition coefficient (Wildman–Crippen LogP) is 6.39. The second-order valence-electron chi connectivity index (χ2n) is 8.35. The summed E-state index contributed by atoms with van der Waals surface area (Å²) in [5, 5.41) is 1.23. The lowest BCUT2D eigenvalue weighted by Crippen LogP contribution is -2.20. The van der Waals surface area contributed by atoms with Gasteiger partial charge in [0.15, 0.2) is 0 Å². The van der Waals surface area contributed by atoms with Crippen LogP contribution in [-0.4, -0.2) is 14.5 Å². The zero-order chi connectivity index (χ0) is 20.3. The van der Waals surface area contributed by atoms with E-state index in [1.807, 2.05) is 18.3 Å². The van der Waals surface area contributed by atoms with Crippen molar-refractivity contribution in [2.24, 2.45) is 0 Å². The SMILES string of the molecule is CC1(C)c2cccnc2-c2c1n(-c1cccc(-c3ccccc3)n1)c1ccccc21. The fourth-order valence-electron chi connectivity index (χ4n) is 4.86. The van der Waals surface area contributed by atoms with E-state index in [-0.39, 0.29) is 5.41 Å². The van der Waals surface area contributed by atoms with Gasteiger partial charge >= 0.3 is 0 Å². The lowest BCUT2D eigenvalue weighted by Gasteiger charge is -2.24. The number of fused-ring (bicyclic) bond motifs is 5. The van der Waals surface area contributed by atoms with Crippen molar-refractivity contribution in [3.8, 4) is 28.3 Å². The van der Waals surface area contributed by atoms with Gasteiger partial charge in [0.1, 0.15) is 5.82 Å². The van der Waals surface area contributed by atoms with E-state index in [9.17, 15) is 0 Å². The fourth-order valence-corrected chi connectivity index (χ4v) is 4.86. The number of nitrogens with zero attached hydrogens (tertiary/aromatic N) is 3. The van der Waals surface area contributed by atoms with Crippen molar-refractivity contribution < 1.29 is 0 Å². The van der Waals surface area contributed by atoms with Crippen LogP contribution in [0.25, 0.3) is 39.2 Å². The Morgan fingerprint density at radius 3 is 2.43 bits per heavy atom. The molecule has 5 aromatic rings. The maximum Gasteiger partial charge on any atom is 0.138 e. The zero-order valence-electron chi connectivity index (χ0n) is 17.0. The van der Waals surface area contributed by atoms with Gasteiger partial charge in [-0.25, -0.2) is 4.98 Å². The summed E-state index contributed by atoms with van der Waals surface area (Å²) in [6, 6.07) is 29.5. The average Bonchev–Trinajstić information content (AvgIpc) is 3.26. The number of aromatic nitrogens is 3. The van der Waals surface area contributed by atoms with Crippen LogP contribution in [0, 0.1) is 0 Å². The first-order chi connectivity index (χ1) is 14.7. The Labute approximate surface area is 175 Å². The lowest BCUT2D eigenvalue weighted by molar-refractivity contribution is 0.620. The second kappa shape index (κ2) is 6.14. The third-order valence-corrected chi connectivity index (χ3v) is 6.22. The van der Waals surface area contributed by atoms with E-state index >= 15 is 0 Å². The third-order valence-electron chi connectivity index (χ3n) is 6.22. The number of hydrogen-bond acceptors (Lipinski definition) is 2. The molecule has 1 aliphatic rings. The molecule has 0 amide bonds. The van der Waals surface area contributed by atoms with Gasteiger partial charge in [-0.2, -0.15) is 0 Å². The topological polar surface area (TPSA) is 30.7 Å². The molecule has 30 heavy (non-hydrogen) atoms. The van der Waals surface area contributed by atoms with E-state index in [1.165, 1.54) is 27.7 Å². The Balaban J connectivity index is 1.69. The van der Waals surface area contributed by atoms with Crippen LogP contribution in [0.15, 0.2) is 91.1 Å². The molecule has 0 fully saturated rings. The highest BCUT2D eigenvalue weighted by Gasteiger charge is 2.41. The molecule has 3 aromatic heterocycles. The smallest absolute Gasteiger partial charge is 0.138 e. The van der Waals surface area contributed by atoms with Gasteiger partial charge < -0.3 is 0 Å². The van der Waals surface area contributed by atoms with E-state index < -0.39 is 0 Å². The summed E-state index contributed by atoms with van der Waals surface area (Å²) in [6.45, 7) is 4.57. The molecule has 0 aliphatic heterocycles. The molecule has 0 radical (unpaired) electrons. The largest absolute Gasteiger partial charge is 0.297 e. The number of para-hydroxylation sites is 1. The first-order valence-electron chi connectivity index (χ1n) is 10.3. The molecule has 0 unspecified atom stereocenters. The summed E-state index contributed by atoms with van der Waals surface area (Å²) >= 11 is 0. The molecule has 0 bridgehead atoms. The Bertz CT molecular complexity index is 1410. The van der Waals surface area contributed by atoms with Gasteiger partial charge in [0.05, 0.1) is 16.9 Å². The number of rotatable bonds is 2. The average molecular weight is 387 g/mol. The minimum atomic E-state index is -0.164. The quantitative estimate of drug-likeness (QED) is 0.351. The molecule has 3 heterocycles. The summed E-state index contributed by atoms with van der Waals surface area (Å²) < 4.78 is 2.33. The van der Waals surface area contributed by atoms with Gasteiger partial charge in [-0.1, -0.05) is 74.5 Å². The molecule has 0 N–H and O–H groups in total. The summed E-state index contributed by atoms with van der Waals surface area (Å²) in [5.74, 6) is 0.940. The normalized spacial score (nSPS) is 13.9. The minimum absolute atomic E-state index is 0.164. The highest BCUT2D eigenvalue weighted by atomic mass is 15.1. The van der Waals surface area contributed by atoms with E-state index in [1.54, 1.807) is 0 Å². The van der Waals surface area contributed by atoms with Gasteiger partial charge in [0, 0.05) is 33.8 Å². The number of benzene rings is 2. The molecular weight excluding hydrogens is 366 g/mol. The van der Waals surface area contributed by atoms with Crippen LogP contribution in [-0.2, 0) is 5.41 Å². The van der Waals surface area contributed by atoms with Crippen molar-refractivity contribution in [1.82, 2.24) is 14.5 Å². The van der Waals surface area contributed by atoms with Crippen LogP contribution in [0.2, 0.25) is 0 Å². The Morgan fingerprint density at radius 1 is 0.767 bits per heavy atom. The van der Waals surface area contributed by atoms with Crippen molar-refractivity contribution in [2.45, 2.75) is 19.3 Å². The van der Waals surface area contributed by atoms with Crippen molar-refractivity contribution in [2.75, 3.05) is 0 Å². The van der Waals surface area contributed by atoms with Crippen molar-refractivity contribution >= 4 is 10.9 Å². The first-order valence-corrected chi connectivity index (χ1v) is 10.3. The van der Waals surface area contributed by atoms with Gasteiger partial charge in [-0.05, 0) is 29.8 Å². The molecule has 0 saturated carbocycles. The molecule has 2 aromatic carbocycles. The highest BCUT2D eigenvalue weighted by Crippen LogP contribution is 2.52. The summed E-state index contributed by atoms with van der Waals surface area (Å²) in [7, 11) is 0. The molecule has 6 rings (SSSR count). The van der Waals surface area contributed by atoms with E-state index in [2.05, 4.69) is 91.2 Å². The second-order valence-corrected chi connectivity index (χ2v) is 8.35. The van der Waals surface area contributed by atoms with Gasteiger partial charge in [-0.15, -0.1) is 0 Å². The van der Waals surface area contributed by atoms with Crippen LogP contribution in [0.1, 0.15) is 25.1 Å². The molecule has 144 valence electrons. The number of hydrogen-bond donors (Lipinski definition) is 0. The Kier molecular flexibility index (Phi) is 3.51. The monoisotopic (exact) mass is 387 g/mol. The molecule has 3 nitrogen and oxygen atoms in total. The van der Waals surface area contributed by atoms with E-state index in [0.29, 0.717) is 0 Å². The third kappa shape index (κ3) is 2.26. The molecule has 0 atom stereocenters. The van der Waals surface area contributed by atoms with Crippen LogP contribution in [0.4, 0.5) is 0 Å². The Morgan fingerprint density at radius 2 is 1.57 bits per heavy atom. The zero-order valence-corrected chi connectivity index (χ0v) is 17.0. The minimum Gasteiger partial charge on any atom is -0.297 e. The van der Waals surface area contributed by atoms with Crippen LogP contribution in [0.3, 0.4) is 0 Å². The maximum absolute atomic E-state index is 5.08. The van der Waals surface area contributed by atoms with Gasteiger partial charge in [0.2, 0.25) is 0 Å². The van der Waals surface area contributed by atoms with Gasteiger partial charge in [0.25, 0.3) is 0 Å².